The largest absolute Gasteiger partial charge is 0.363 e. The van der Waals surface area contributed by atoms with Gasteiger partial charge in [0.2, 0.25) is 0 Å². The lowest BCUT2D eigenvalue weighted by atomic mass is 10.0. The lowest BCUT2D eigenvalue weighted by Crippen LogP contribution is -2.18. The summed E-state index contributed by atoms with van der Waals surface area (Å²) < 4.78 is 1.67. The van der Waals surface area contributed by atoms with Crippen LogP contribution in [0.2, 0.25) is 0 Å². The zero-order chi connectivity index (χ0) is 19.9. The molecule has 0 aliphatic carbocycles. The normalized spacial score (nSPS) is 10.5. The molecule has 6 nitrogen and oxygen atoms in total. The van der Waals surface area contributed by atoms with Crippen LogP contribution in [-0.4, -0.2) is 14.8 Å². The maximum atomic E-state index is 11.8. The van der Waals surface area contributed by atoms with Gasteiger partial charge in [0.05, 0.1) is 12.2 Å². The second-order valence-electron chi connectivity index (χ2n) is 6.50. The Kier molecular flexibility index (Phi) is 6.18. The van der Waals surface area contributed by atoms with Crippen LogP contribution in [0.1, 0.15) is 41.8 Å². The first-order valence-electron chi connectivity index (χ1n) is 9.42. The molecular formula is C22H23N5O. The molecule has 28 heavy (non-hydrogen) atoms. The van der Waals surface area contributed by atoms with Crippen molar-refractivity contribution in [3.8, 4) is 6.07 Å². The van der Waals surface area contributed by atoms with Crippen molar-refractivity contribution in [1.29, 1.82) is 5.26 Å². The number of hydrogen-bond donors (Lipinski definition) is 1. The maximum Gasteiger partial charge on any atom is 0.250 e. The summed E-state index contributed by atoms with van der Waals surface area (Å²) in [6.45, 7) is 5.12. The van der Waals surface area contributed by atoms with E-state index in [1.165, 1.54) is 0 Å². The molecular weight excluding hydrogens is 350 g/mol. The Morgan fingerprint density at radius 2 is 1.79 bits per heavy atom. The third-order valence-electron chi connectivity index (χ3n) is 4.69. The fourth-order valence-electron chi connectivity index (χ4n) is 3.15. The van der Waals surface area contributed by atoms with Crippen LogP contribution in [0.25, 0.3) is 0 Å². The molecule has 0 aliphatic rings. The van der Waals surface area contributed by atoms with Gasteiger partial charge >= 0.3 is 0 Å². The number of nitriles is 1. The molecule has 0 amide bonds. The average Bonchev–Trinajstić information content (AvgIpc) is 2.74. The summed E-state index contributed by atoms with van der Waals surface area (Å²) in [4.78, 5) is 11.8. The summed E-state index contributed by atoms with van der Waals surface area (Å²) in [5.74, 6) is 0.525. The summed E-state index contributed by atoms with van der Waals surface area (Å²) in [5, 5.41) is 21.3. The minimum Gasteiger partial charge on any atom is -0.363 e. The topological polar surface area (TPSA) is 83.6 Å². The van der Waals surface area contributed by atoms with Gasteiger partial charge in [-0.15, -0.1) is 5.10 Å². The van der Waals surface area contributed by atoms with Crippen molar-refractivity contribution in [1.82, 2.24) is 14.8 Å². The van der Waals surface area contributed by atoms with Crippen molar-refractivity contribution in [2.45, 2.75) is 39.8 Å². The molecule has 0 bridgehead atoms. The van der Waals surface area contributed by atoms with Crippen molar-refractivity contribution >= 4 is 5.82 Å². The van der Waals surface area contributed by atoms with E-state index < -0.39 is 0 Å². The first-order chi connectivity index (χ1) is 13.7. The summed E-state index contributed by atoms with van der Waals surface area (Å²) in [7, 11) is 0. The highest BCUT2D eigenvalue weighted by atomic mass is 16.1. The highest BCUT2D eigenvalue weighted by molar-refractivity contribution is 5.56. The van der Waals surface area contributed by atoms with Crippen LogP contribution in [-0.2, 0) is 25.9 Å². The van der Waals surface area contributed by atoms with Gasteiger partial charge in [0.25, 0.3) is 5.56 Å². The van der Waals surface area contributed by atoms with Gasteiger partial charge in [0, 0.05) is 18.8 Å². The molecule has 142 valence electrons. The molecule has 0 atom stereocenters. The average molecular weight is 373 g/mol. The number of benzene rings is 1. The van der Waals surface area contributed by atoms with Crippen LogP contribution in [0.4, 0.5) is 5.82 Å². The van der Waals surface area contributed by atoms with Crippen molar-refractivity contribution in [2.75, 3.05) is 5.32 Å². The number of hydrogen-bond acceptors (Lipinski definition) is 5. The van der Waals surface area contributed by atoms with Crippen molar-refractivity contribution < 1.29 is 0 Å². The first-order valence-corrected chi connectivity index (χ1v) is 9.42. The smallest absolute Gasteiger partial charge is 0.250 e. The molecule has 3 rings (SSSR count). The summed E-state index contributed by atoms with van der Waals surface area (Å²) in [6.07, 6.45) is 3.30. The number of rotatable bonds is 7. The monoisotopic (exact) mass is 373 g/mol. The van der Waals surface area contributed by atoms with Crippen LogP contribution >= 0.6 is 0 Å². The second kappa shape index (κ2) is 8.96. The molecule has 2 aromatic heterocycles. The molecule has 1 aromatic carbocycles. The zero-order valence-corrected chi connectivity index (χ0v) is 16.1. The van der Waals surface area contributed by atoms with Crippen LogP contribution in [0, 0.1) is 11.3 Å². The molecule has 0 fully saturated rings. The summed E-state index contributed by atoms with van der Waals surface area (Å²) in [5.41, 5.74) is 4.52. The Labute approximate surface area is 164 Å². The van der Waals surface area contributed by atoms with Gasteiger partial charge < -0.3 is 9.88 Å². The van der Waals surface area contributed by atoms with E-state index in [9.17, 15) is 10.1 Å². The van der Waals surface area contributed by atoms with Crippen molar-refractivity contribution in [3.63, 3.8) is 0 Å². The van der Waals surface area contributed by atoms with Gasteiger partial charge in [-0.05, 0) is 35.6 Å². The molecule has 6 heteroatoms. The molecule has 3 aromatic rings. The lowest BCUT2D eigenvalue weighted by Gasteiger charge is -2.12. The lowest BCUT2D eigenvalue weighted by molar-refractivity contribution is 0.759. The van der Waals surface area contributed by atoms with Gasteiger partial charge in [-0.2, -0.15) is 10.4 Å². The van der Waals surface area contributed by atoms with Gasteiger partial charge in [0.15, 0.2) is 5.82 Å². The maximum absolute atomic E-state index is 11.8. The predicted octanol–water partition coefficient (Wildman–Crippen LogP) is 3.30. The van der Waals surface area contributed by atoms with Gasteiger partial charge in [0.1, 0.15) is 11.6 Å². The van der Waals surface area contributed by atoms with Crippen LogP contribution < -0.4 is 10.9 Å². The number of aromatic nitrogens is 3. The molecule has 0 radical (unpaired) electrons. The molecule has 0 unspecified atom stereocenters. The summed E-state index contributed by atoms with van der Waals surface area (Å²) >= 11 is 0. The Balaban J connectivity index is 1.71. The molecule has 0 saturated carbocycles. The quantitative estimate of drug-likeness (QED) is 0.687. The van der Waals surface area contributed by atoms with Gasteiger partial charge in [-0.25, -0.2) is 0 Å². The van der Waals surface area contributed by atoms with Gasteiger partial charge in [-0.3, -0.25) is 4.79 Å². The third kappa shape index (κ3) is 4.26. The van der Waals surface area contributed by atoms with E-state index in [-0.39, 0.29) is 5.56 Å². The Morgan fingerprint density at radius 1 is 1.04 bits per heavy atom. The van der Waals surface area contributed by atoms with E-state index in [4.69, 9.17) is 0 Å². The first kappa shape index (κ1) is 19.3. The molecule has 0 aliphatic heterocycles. The van der Waals surface area contributed by atoms with E-state index in [2.05, 4.69) is 21.6 Å². The predicted molar refractivity (Wildman–Crippen MR) is 109 cm³/mol. The molecule has 1 N–H and O–H groups in total. The summed E-state index contributed by atoms with van der Waals surface area (Å²) in [6, 6.07) is 15.4. The third-order valence-corrected chi connectivity index (χ3v) is 4.69. The van der Waals surface area contributed by atoms with E-state index in [0.29, 0.717) is 24.5 Å². The number of nitrogens with one attached hydrogen (secondary N) is 1. The number of anilines is 1. The fourth-order valence-corrected chi connectivity index (χ4v) is 3.15. The molecule has 0 spiro atoms. The van der Waals surface area contributed by atoms with E-state index in [1.54, 1.807) is 22.9 Å². The number of pyridine rings is 1. The highest BCUT2D eigenvalue weighted by Gasteiger charge is 2.14. The van der Waals surface area contributed by atoms with Gasteiger partial charge in [-0.1, -0.05) is 44.2 Å². The van der Waals surface area contributed by atoms with Crippen LogP contribution in [0.3, 0.4) is 0 Å². The Morgan fingerprint density at radius 3 is 2.43 bits per heavy atom. The standard InChI is InChI=1S/C22H23N5O/c1-3-18-19(13-23)22(26-25-20(18)4-2)24-14-16-8-10-17(11-9-16)15-27-12-6-5-7-21(27)28/h5-12H,3-4,14-15H2,1-2H3,(H,24,26). The van der Waals surface area contributed by atoms with E-state index in [0.717, 1.165) is 35.2 Å². The molecule has 2 heterocycles. The number of aryl methyl sites for hydroxylation is 1. The van der Waals surface area contributed by atoms with E-state index in [1.807, 2.05) is 44.2 Å². The Bertz CT molecular complexity index is 1050. The highest BCUT2D eigenvalue weighted by Crippen LogP contribution is 2.20. The molecule has 0 saturated heterocycles. The van der Waals surface area contributed by atoms with Crippen LogP contribution in [0.5, 0.6) is 0 Å². The second-order valence-corrected chi connectivity index (χ2v) is 6.50. The Hall–Kier alpha value is -3.46. The van der Waals surface area contributed by atoms with E-state index >= 15 is 0 Å². The SMILES string of the molecule is CCc1nnc(NCc2ccc(Cn3ccccc3=O)cc2)c(C#N)c1CC. The van der Waals surface area contributed by atoms with Crippen molar-refractivity contribution in [3.05, 3.63) is 87.0 Å². The minimum atomic E-state index is -0.0156. The fraction of sp³-hybridized carbons (Fsp3) is 0.273. The van der Waals surface area contributed by atoms with Crippen molar-refractivity contribution in [2.24, 2.45) is 0 Å². The van der Waals surface area contributed by atoms with Crippen LogP contribution in [0.15, 0.2) is 53.5 Å². The zero-order valence-electron chi connectivity index (χ0n) is 16.1. The minimum absolute atomic E-state index is 0.0156. The number of nitrogens with zero attached hydrogens (tertiary/aromatic N) is 4.